The lowest BCUT2D eigenvalue weighted by Crippen LogP contribution is -2.01. The van der Waals surface area contributed by atoms with Crippen molar-refractivity contribution in [3.8, 4) is 40.1 Å². The molecule has 0 saturated carbocycles. The largest absolute Gasteiger partial charge is 0.493 e. The van der Waals surface area contributed by atoms with Crippen LogP contribution in [0.4, 0.5) is 0 Å². The van der Waals surface area contributed by atoms with Crippen molar-refractivity contribution in [2.45, 2.75) is 0 Å². The Balaban J connectivity index is 2.10. The van der Waals surface area contributed by atoms with Gasteiger partial charge in [-0.15, -0.1) is 0 Å². The second-order valence-corrected chi connectivity index (χ2v) is 5.10. The molecule has 0 radical (unpaired) electrons. The van der Waals surface area contributed by atoms with Gasteiger partial charge in [-0.25, -0.2) is 9.67 Å². The molecular formula is C18H19N3O4. The summed E-state index contributed by atoms with van der Waals surface area (Å²) in [5.41, 5.74) is 2.56. The van der Waals surface area contributed by atoms with E-state index < -0.39 is 0 Å². The Hall–Kier alpha value is -3.22. The van der Waals surface area contributed by atoms with Crippen molar-refractivity contribution in [1.82, 2.24) is 14.8 Å². The topological polar surface area (TPSA) is 67.6 Å². The van der Waals surface area contributed by atoms with Crippen LogP contribution < -0.4 is 18.9 Å². The van der Waals surface area contributed by atoms with Crippen molar-refractivity contribution >= 4 is 0 Å². The van der Waals surface area contributed by atoms with Gasteiger partial charge in [0.15, 0.2) is 11.5 Å². The Morgan fingerprint density at radius 2 is 1.56 bits per heavy atom. The summed E-state index contributed by atoms with van der Waals surface area (Å²) < 4.78 is 23.1. The molecular weight excluding hydrogens is 322 g/mol. The first-order chi connectivity index (χ1) is 12.2. The first-order valence-corrected chi connectivity index (χ1v) is 7.56. The number of pyridine rings is 1. The summed E-state index contributed by atoms with van der Waals surface area (Å²) in [6.07, 6.45) is 3.43. The van der Waals surface area contributed by atoms with Crippen molar-refractivity contribution in [2.24, 2.45) is 0 Å². The summed E-state index contributed by atoms with van der Waals surface area (Å²) in [5, 5.41) is 4.39. The summed E-state index contributed by atoms with van der Waals surface area (Å²) in [7, 11) is 6.34. The predicted molar refractivity (Wildman–Crippen MR) is 93.0 cm³/mol. The summed E-state index contributed by atoms with van der Waals surface area (Å²) in [5.74, 6) is 2.26. The highest BCUT2D eigenvalue weighted by Crippen LogP contribution is 2.41. The molecule has 0 fully saturated rings. The van der Waals surface area contributed by atoms with Crippen molar-refractivity contribution < 1.29 is 18.9 Å². The highest BCUT2D eigenvalue weighted by Gasteiger charge is 2.16. The third-order valence-electron chi connectivity index (χ3n) is 3.78. The third kappa shape index (κ3) is 3.08. The maximum Gasteiger partial charge on any atom is 0.213 e. The molecule has 0 amide bonds. The van der Waals surface area contributed by atoms with Crippen LogP contribution in [0, 0.1) is 0 Å². The number of ether oxygens (including phenoxy) is 4. The van der Waals surface area contributed by atoms with Crippen LogP contribution in [0.2, 0.25) is 0 Å². The molecule has 2 aromatic heterocycles. The molecule has 0 bridgehead atoms. The zero-order valence-corrected chi connectivity index (χ0v) is 14.5. The fourth-order valence-corrected chi connectivity index (χ4v) is 2.58. The molecule has 2 heterocycles. The lowest BCUT2D eigenvalue weighted by Gasteiger charge is -2.15. The van der Waals surface area contributed by atoms with Crippen LogP contribution in [0.15, 0.2) is 42.7 Å². The van der Waals surface area contributed by atoms with Gasteiger partial charge in [-0.2, -0.15) is 5.10 Å². The molecule has 7 nitrogen and oxygen atoms in total. The molecule has 0 spiro atoms. The Labute approximate surface area is 145 Å². The maximum atomic E-state index is 5.43. The normalized spacial score (nSPS) is 10.4. The van der Waals surface area contributed by atoms with Crippen LogP contribution in [0.1, 0.15) is 0 Å². The molecule has 1 aromatic carbocycles. The lowest BCUT2D eigenvalue weighted by atomic mass is 10.1. The second kappa shape index (κ2) is 7.12. The molecule has 0 atom stereocenters. The van der Waals surface area contributed by atoms with Gasteiger partial charge in [0, 0.05) is 11.6 Å². The van der Waals surface area contributed by atoms with Crippen LogP contribution in [0.5, 0.6) is 23.1 Å². The van der Waals surface area contributed by atoms with E-state index >= 15 is 0 Å². The fourth-order valence-electron chi connectivity index (χ4n) is 2.58. The highest BCUT2D eigenvalue weighted by molar-refractivity contribution is 5.70. The molecule has 130 valence electrons. The van der Waals surface area contributed by atoms with Gasteiger partial charge in [0.2, 0.25) is 11.6 Å². The van der Waals surface area contributed by atoms with Crippen molar-refractivity contribution in [2.75, 3.05) is 28.4 Å². The van der Waals surface area contributed by atoms with Gasteiger partial charge in [0.1, 0.15) is 0 Å². The van der Waals surface area contributed by atoms with Crippen LogP contribution in [-0.2, 0) is 0 Å². The number of hydrogen-bond acceptors (Lipinski definition) is 6. The average Bonchev–Trinajstić information content (AvgIpc) is 3.16. The van der Waals surface area contributed by atoms with E-state index in [9.17, 15) is 0 Å². The van der Waals surface area contributed by atoms with E-state index in [-0.39, 0.29) is 0 Å². The molecule has 3 aromatic rings. The molecule has 25 heavy (non-hydrogen) atoms. The van der Waals surface area contributed by atoms with Gasteiger partial charge in [0.05, 0.1) is 52.2 Å². The van der Waals surface area contributed by atoms with E-state index in [1.807, 2.05) is 24.3 Å². The Kier molecular flexibility index (Phi) is 4.74. The van der Waals surface area contributed by atoms with Crippen molar-refractivity contribution in [1.29, 1.82) is 0 Å². The summed E-state index contributed by atoms with van der Waals surface area (Å²) in [6, 6.07) is 9.35. The monoisotopic (exact) mass is 341 g/mol. The Morgan fingerprint density at radius 3 is 2.08 bits per heavy atom. The van der Waals surface area contributed by atoms with Gasteiger partial charge < -0.3 is 18.9 Å². The maximum absolute atomic E-state index is 5.43. The number of benzene rings is 1. The Bertz CT molecular complexity index is 834. The Morgan fingerprint density at radius 1 is 0.840 bits per heavy atom. The van der Waals surface area contributed by atoms with Crippen molar-refractivity contribution in [3.63, 3.8) is 0 Å². The number of aromatic nitrogens is 3. The summed E-state index contributed by atoms with van der Waals surface area (Å²) >= 11 is 0. The van der Waals surface area contributed by atoms with Gasteiger partial charge in [-0.3, -0.25) is 0 Å². The smallest absolute Gasteiger partial charge is 0.213 e. The van der Waals surface area contributed by atoms with E-state index in [1.165, 1.54) is 0 Å². The van der Waals surface area contributed by atoms with E-state index in [1.54, 1.807) is 51.6 Å². The number of rotatable bonds is 6. The van der Waals surface area contributed by atoms with Crippen LogP contribution in [-0.4, -0.2) is 43.2 Å². The summed E-state index contributed by atoms with van der Waals surface area (Å²) in [4.78, 5) is 4.23. The van der Waals surface area contributed by atoms with Crippen LogP contribution >= 0.6 is 0 Å². The molecule has 0 unspecified atom stereocenters. The van der Waals surface area contributed by atoms with E-state index in [4.69, 9.17) is 18.9 Å². The van der Waals surface area contributed by atoms with Gasteiger partial charge in [-0.1, -0.05) is 0 Å². The molecule has 0 N–H and O–H groups in total. The minimum atomic E-state index is 0.547. The average molecular weight is 341 g/mol. The number of methoxy groups -OCH3 is 4. The standard InChI is InChI=1S/C18H19N3O4/c1-22-15-9-12(10-16(23-2)18(15)25-4)14-7-8-20-21(14)13-5-6-17(24-3)19-11-13/h5-11H,1-4H3. The first-order valence-electron chi connectivity index (χ1n) is 7.56. The van der Waals surface area contributed by atoms with Crippen LogP contribution in [0.3, 0.4) is 0 Å². The first kappa shape index (κ1) is 16.6. The van der Waals surface area contributed by atoms with Gasteiger partial charge in [-0.05, 0) is 24.3 Å². The SMILES string of the molecule is COc1ccc(-n2nccc2-c2cc(OC)c(OC)c(OC)c2)cn1. The highest BCUT2D eigenvalue weighted by atomic mass is 16.5. The summed E-state index contributed by atoms with van der Waals surface area (Å²) in [6.45, 7) is 0. The molecule has 0 aliphatic rings. The predicted octanol–water partition coefficient (Wildman–Crippen LogP) is 2.97. The van der Waals surface area contributed by atoms with Crippen molar-refractivity contribution in [3.05, 3.63) is 42.7 Å². The van der Waals surface area contributed by atoms with E-state index in [0.717, 1.165) is 16.9 Å². The number of hydrogen-bond donors (Lipinski definition) is 0. The van der Waals surface area contributed by atoms with Crippen LogP contribution in [0.25, 0.3) is 16.9 Å². The molecule has 0 aliphatic heterocycles. The second-order valence-electron chi connectivity index (χ2n) is 5.10. The van der Waals surface area contributed by atoms with Gasteiger partial charge >= 0.3 is 0 Å². The van der Waals surface area contributed by atoms with E-state index in [2.05, 4.69) is 10.1 Å². The zero-order valence-electron chi connectivity index (χ0n) is 14.5. The molecule has 0 saturated heterocycles. The number of nitrogens with zero attached hydrogens (tertiary/aromatic N) is 3. The van der Waals surface area contributed by atoms with Gasteiger partial charge in [0.25, 0.3) is 0 Å². The minimum Gasteiger partial charge on any atom is -0.493 e. The fraction of sp³-hybridized carbons (Fsp3) is 0.222. The molecule has 0 aliphatic carbocycles. The molecule has 3 rings (SSSR count). The minimum absolute atomic E-state index is 0.547. The quantitative estimate of drug-likeness (QED) is 0.687. The van der Waals surface area contributed by atoms with E-state index in [0.29, 0.717) is 23.1 Å². The molecule has 7 heteroatoms. The zero-order chi connectivity index (χ0) is 17.8. The lowest BCUT2D eigenvalue weighted by molar-refractivity contribution is 0.324. The third-order valence-corrected chi connectivity index (χ3v) is 3.78.